The Morgan fingerprint density at radius 1 is 1.02 bits per heavy atom. The predicted molar refractivity (Wildman–Crippen MR) is 147 cm³/mol. The first-order valence-corrected chi connectivity index (χ1v) is 14.0. The first-order chi connectivity index (χ1) is 19.4. The van der Waals surface area contributed by atoms with Gasteiger partial charge in [-0.15, -0.1) is 0 Å². The Bertz CT molecular complexity index is 1340. The quantitative estimate of drug-likeness (QED) is 0.107. The molecule has 0 saturated heterocycles. The number of ether oxygens (including phenoxy) is 3. The molecule has 14 heteroatoms. The highest BCUT2D eigenvalue weighted by atomic mass is 32.2. The van der Waals surface area contributed by atoms with Crippen molar-refractivity contribution in [2.24, 2.45) is 11.0 Å². The van der Waals surface area contributed by atoms with Crippen molar-refractivity contribution < 1.29 is 41.2 Å². The average molecular weight is 591 g/mol. The van der Waals surface area contributed by atoms with E-state index in [9.17, 15) is 22.8 Å². The molecule has 1 amide bonds. The van der Waals surface area contributed by atoms with Gasteiger partial charge in [0.05, 0.1) is 12.0 Å². The molecule has 1 unspecified atom stereocenters. The summed E-state index contributed by atoms with van der Waals surface area (Å²) in [5.41, 5.74) is 10.3. The van der Waals surface area contributed by atoms with Gasteiger partial charge >= 0.3 is 11.9 Å². The summed E-state index contributed by atoms with van der Waals surface area (Å²) in [6.07, 6.45) is -0.894. The Morgan fingerprint density at radius 2 is 1.66 bits per heavy atom. The number of carbonyl (C=O) groups is 3. The zero-order chi connectivity index (χ0) is 30.6. The van der Waals surface area contributed by atoms with Crippen molar-refractivity contribution in [2.75, 3.05) is 20.3 Å². The normalized spacial score (nSPS) is 13.3. The molecule has 13 nitrogen and oxygen atoms in total. The van der Waals surface area contributed by atoms with Crippen LogP contribution >= 0.6 is 0 Å². The summed E-state index contributed by atoms with van der Waals surface area (Å²) in [5, 5.41) is 6.08. The largest absolute Gasteiger partial charge is 0.484 e. The molecular weight excluding hydrogens is 556 g/mol. The zero-order valence-corrected chi connectivity index (χ0v) is 24.3. The maximum atomic E-state index is 12.6. The van der Waals surface area contributed by atoms with E-state index < -0.39 is 52.8 Å². The number of azide groups is 1. The third kappa shape index (κ3) is 10.7. The number of nitrogens with one attached hydrogen (secondary N) is 1. The zero-order valence-electron chi connectivity index (χ0n) is 23.5. The van der Waals surface area contributed by atoms with E-state index in [1.165, 1.54) is 26.2 Å². The fourth-order valence-electron chi connectivity index (χ4n) is 3.53. The highest BCUT2D eigenvalue weighted by Crippen LogP contribution is 2.18. The van der Waals surface area contributed by atoms with E-state index in [4.69, 9.17) is 23.9 Å². The van der Waals surface area contributed by atoms with Gasteiger partial charge in [-0.2, -0.15) is 8.42 Å². The summed E-state index contributed by atoms with van der Waals surface area (Å²) in [7, 11) is -2.89. The maximum Gasteiger partial charge on any atom is 0.328 e. The maximum absolute atomic E-state index is 12.6. The van der Waals surface area contributed by atoms with Crippen molar-refractivity contribution in [3.05, 3.63) is 70.1 Å². The van der Waals surface area contributed by atoms with E-state index in [1.807, 2.05) is 6.92 Å². The molecule has 2 rings (SSSR count). The van der Waals surface area contributed by atoms with Gasteiger partial charge in [0.15, 0.2) is 6.10 Å². The van der Waals surface area contributed by atoms with E-state index in [-0.39, 0.29) is 23.8 Å². The second kappa shape index (κ2) is 15.6. The topological polar surface area (TPSA) is 183 Å². The van der Waals surface area contributed by atoms with Gasteiger partial charge in [0.25, 0.3) is 10.1 Å². The number of amides is 1. The molecule has 0 aliphatic heterocycles. The minimum atomic E-state index is -4.08. The number of aryl methyl sites for hydroxylation is 1. The van der Waals surface area contributed by atoms with Crippen LogP contribution in [-0.2, 0) is 44.6 Å². The monoisotopic (exact) mass is 590 g/mol. The molecule has 222 valence electrons. The van der Waals surface area contributed by atoms with Gasteiger partial charge in [-0.1, -0.05) is 48.8 Å². The molecule has 0 saturated carbocycles. The fourth-order valence-corrected chi connectivity index (χ4v) is 4.47. The molecule has 2 aromatic rings. The molecule has 0 heterocycles. The van der Waals surface area contributed by atoms with Crippen LogP contribution in [0.25, 0.3) is 10.4 Å². The lowest BCUT2D eigenvalue weighted by atomic mass is 10.0. The average Bonchev–Trinajstić information content (AvgIpc) is 2.93. The van der Waals surface area contributed by atoms with E-state index in [0.717, 1.165) is 5.56 Å². The molecule has 0 spiro atoms. The van der Waals surface area contributed by atoms with Gasteiger partial charge in [-0.05, 0) is 48.2 Å². The Balaban J connectivity index is 2.12. The number of benzene rings is 2. The third-order valence-corrected chi connectivity index (χ3v) is 7.03. The predicted octanol–water partition coefficient (Wildman–Crippen LogP) is 3.25. The van der Waals surface area contributed by atoms with Crippen molar-refractivity contribution in [2.45, 2.75) is 57.2 Å². The SMILES string of the molecule is COC(=O)[C@H](Cc1ccc(OC(COC(C)=O)COS(=O)(=O)c2ccc(C)cc2)cc1)NC(=O)[C@H](N=[N+]=[N-])C(C)C. The number of methoxy groups -OCH3 is 1. The summed E-state index contributed by atoms with van der Waals surface area (Å²) in [5.74, 6) is -1.86. The van der Waals surface area contributed by atoms with E-state index in [1.54, 1.807) is 50.2 Å². The van der Waals surface area contributed by atoms with Crippen molar-refractivity contribution in [1.82, 2.24) is 5.32 Å². The lowest BCUT2D eigenvalue weighted by Crippen LogP contribution is -2.47. The number of rotatable bonds is 15. The molecule has 0 fully saturated rings. The van der Waals surface area contributed by atoms with Crippen LogP contribution in [0.3, 0.4) is 0 Å². The number of hydrogen-bond acceptors (Lipinski definition) is 10. The van der Waals surface area contributed by atoms with Crippen molar-refractivity contribution >= 4 is 28.0 Å². The van der Waals surface area contributed by atoms with Gasteiger partial charge in [-0.3, -0.25) is 13.8 Å². The highest BCUT2D eigenvalue weighted by molar-refractivity contribution is 7.86. The van der Waals surface area contributed by atoms with Crippen LogP contribution < -0.4 is 10.1 Å². The van der Waals surface area contributed by atoms with Gasteiger partial charge in [-0.25, -0.2) is 4.79 Å². The van der Waals surface area contributed by atoms with Crippen LogP contribution in [0.2, 0.25) is 0 Å². The molecule has 1 N–H and O–H groups in total. The van der Waals surface area contributed by atoms with Crippen LogP contribution in [0, 0.1) is 12.8 Å². The molecule has 2 aromatic carbocycles. The van der Waals surface area contributed by atoms with Crippen LogP contribution in [0.1, 0.15) is 31.9 Å². The van der Waals surface area contributed by atoms with Gasteiger partial charge < -0.3 is 19.5 Å². The van der Waals surface area contributed by atoms with Gasteiger partial charge in [0.2, 0.25) is 5.91 Å². The Kier molecular flexibility index (Phi) is 12.6. The summed E-state index contributed by atoms with van der Waals surface area (Å²) in [4.78, 5) is 39.0. The van der Waals surface area contributed by atoms with Crippen LogP contribution in [0.15, 0.2) is 58.5 Å². The van der Waals surface area contributed by atoms with Gasteiger partial charge in [0.1, 0.15) is 31.0 Å². The standard InChI is InChI=1S/C27H34N4O9S/c1-17(2)25(30-31-28)26(33)29-24(27(34)37-5)14-20-8-10-21(11-9-20)40-22(15-38-19(4)32)16-39-41(35,36)23-12-6-18(3)7-13-23/h6-13,17,22,24-25H,14-16H2,1-5H3,(H,29,33)/t22?,24-,25+/m0/s1. The first kappa shape index (κ1) is 33.1. The molecule has 0 aliphatic rings. The second-order valence-electron chi connectivity index (χ2n) is 9.42. The summed E-state index contributed by atoms with van der Waals surface area (Å²) >= 11 is 0. The van der Waals surface area contributed by atoms with Gasteiger partial charge in [0, 0.05) is 18.3 Å². The number of nitrogens with zero attached hydrogens (tertiary/aromatic N) is 3. The number of esters is 2. The smallest absolute Gasteiger partial charge is 0.328 e. The van der Waals surface area contributed by atoms with Crippen LogP contribution in [-0.4, -0.2) is 64.8 Å². The molecule has 0 aliphatic carbocycles. The molecule has 41 heavy (non-hydrogen) atoms. The number of carbonyl (C=O) groups excluding carboxylic acids is 3. The number of hydrogen-bond donors (Lipinski definition) is 1. The molecule has 0 radical (unpaired) electrons. The minimum absolute atomic E-state index is 0.0231. The van der Waals surface area contributed by atoms with E-state index in [2.05, 4.69) is 15.3 Å². The second-order valence-corrected chi connectivity index (χ2v) is 11.0. The minimum Gasteiger partial charge on any atom is -0.484 e. The molecule has 3 atom stereocenters. The molecule has 0 bridgehead atoms. The van der Waals surface area contributed by atoms with Crippen LogP contribution in [0.5, 0.6) is 5.75 Å². The lowest BCUT2D eigenvalue weighted by molar-refractivity contribution is -0.145. The molecular formula is C27H34N4O9S. The first-order valence-electron chi connectivity index (χ1n) is 12.6. The summed E-state index contributed by atoms with van der Waals surface area (Å²) in [6.45, 7) is 5.77. The lowest BCUT2D eigenvalue weighted by Gasteiger charge is -2.21. The van der Waals surface area contributed by atoms with Crippen LogP contribution in [0.4, 0.5) is 0 Å². The van der Waals surface area contributed by atoms with Crippen molar-refractivity contribution in [3.63, 3.8) is 0 Å². The van der Waals surface area contributed by atoms with Crippen molar-refractivity contribution in [3.8, 4) is 5.75 Å². The Morgan fingerprint density at radius 3 is 2.20 bits per heavy atom. The highest BCUT2D eigenvalue weighted by Gasteiger charge is 2.28. The van der Waals surface area contributed by atoms with E-state index >= 15 is 0 Å². The fraction of sp³-hybridized carbons (Fsp3) is 0.444. The Labute approximate surface area is 238 Å². The summed E-state index contributed by atoms with van der Waals surface area (Å²) < 4.78 is 46.0. The third-order valence-electron chi connectivity index (χ3n) is 5.74. The summed E-state index contributed by atoms with van der Waals surface area (Å²) in [6, 6.07) is 10.5. The van der Waals surface area contributed by atoms with E-state index in [0.29, 0.717) is 11.3 Å². The molecule has 0 aromatic heterocycles. The Hall–Kier alpha value is -4.13. The van der Waals surface area contributed by atoms with Crippen molar-refractivity contribution in [1.29, 1.82) is 0 Å².